The van der Waals surface area contributed by atoms with Gasteiger partial charge in [0.1, 0.15) is 0 Å². The fourth-order valence-electron chi connectivity index (χ4n) is 3.45. The van der Waals surface area contributed by atoms with Crippen LogP contribution in [-0.4, -0.2) is 37.1 Å². The van der Waals surface area contributed by atoms with Crippen molar-refractivity contribution in [2.45, 2.75) is 51.5 Å². The third kappa shape index (κ3) is 3.14. The number of esters is 1. The molecule has 2 rings (SSSR count). The van der Waals surface area contributed by atoms with Crippen molar-refractivity contribution in [3.05, 3.63) is 11.6 Å². The summed E-state index contributed by atoms with van der Waals surface area (Å²) in [5.74, 6) is 0.700. The second kappa shape index (κ2) is 6.37. The lowest BCUT2D eigenvalue weighted by atomic mass is 9.78. The summed E-state index contributed by atoms with van der Waals surface area (Å²) in [6.07, 6.45) is 10.3. The van der Waals surface area contributed by atoms with E-state index in [2.05, 4.69) is 4.90 Å². The smallest absolute Gasteiger partial charge is 0.333 e. The van der Waals surface area contributed by atoms with Gasteiger partial charge in [0, 0.05) is 18.2 Å². The molecular weight excluding hydrogens is 226 g/mol. The van der Waals surface area contributed by atoms with Crippen LogP contribution in [0.15, 0.2) is 11.6 Å². The van der Waals surface area contributed by atoms with Crippen LogP contribution in [0.2, 0.25) is 0 Å². The number of nitrogens with zero attached hydrogens (tertiary/aromatic N) is 1. The minimum atomic E-state index is -0.202. The standard InChI is InChI=1S/C15H25NO2/c1-12(15(17)18-2)9-11-16-10-5-7-13-6-3-4-8-14(13)16/h9,13-14H,3-8,10-11H2,1-2H3/t13-,14-/m1/s1. The van der Waals surface area contributed by atoms with Gasteiger partial charge in [0.15, 0.2) is 0 Å². The Balaban J connectivity index is 1.93. The average Bonchev–Trinajstić information content (AvgIpc) is 2.43. The first-order valence-electron chi connectivity index (χ1n) is 7.21. The van der Waals surface area contributed by atoms with E-state index in [0.29, 0.717) is 0 Å². The van der Waals surface area contributed by atoms with E-state index in [1.807, 2.05) is 13.0 Å². The van der Waals surface area contributed by atoms with Crippen LogP contribution in [0.25, 0.3) is 0 Å². The van der Waals surface area contributed by atoms with Crippen LogP contribution in [0.5, 0.6) is 0 Å². The molecule has 3 nitrogen and oxygen atoms in total. The molecule has 1 heterocycles. The molecule has 0 aromatic heterocycles. The van der Waals surface area contributed by atoms with E-state index in [9.17, 15) is 4.79 Å². The molecule has 0 spiro atoms. The minimum Gasteiger partial charge on any atom is -0.466 e. The van der Waals surface area contributed by atoms with E-state index >= 15 is 0 Å². The Morgan fingerprint density at radius 3 is 2.78 bits per heavy atom. The van der Waals surface area contributed by atoms with Gasteiger partial charge in [-0.1, -0.05) is 18.9 Å². The minimum absolute atomic E-state index is 0.202. The third-order valence-corrected chi connectivity index (χ3v) is 4.50. The lowest BCUT2D eigenvalue weighted by molar-refractivity contribution is -0.136. The van der Waals surface area contributed by atoms with Crippen molar-refractivity contribution in [2.24, 2.45) is 5.92 Å². The molecule has 0 N–H and O–H groups in total. The quantitative estimate of drug-likeness (QED) is 0.570. The van der Waals surface area contributed by atoms with Crippen molar-refractivity contribution in [1.82, 2.24) is 4.90 Å². The molecule has 2 atom stereocenters. The van der Waals surface area contributed by atoms with Gasteiger partial charge in [0.2, 0.25) is 0 Å². The Morgan fingerprint density at radius 1 is 1.28 bits per heavy atom. The Morgan fingerprint density at radius 2 is 2.00 bits per heavy atom. The lowest BCUT2D eigenvalue weighted by Gasteiger charge is -2.43. The second-order valence-electron chi connectivity index (χ2n) is 5.63. The van der Waals surface area contributed by atoms with Gasteiger partial charge in [-0.15, -0.1) is 0 Å². The number of carbonyl (C=O) groups is 1. The van der Waals surface area contributed by atoms with Crippen molar-refractivity contribution < 1.29 is 9.53 Å². The first kappa shape index (κ1) is 13.6. The number of methoxy groups -OCH3 is 1. The van der Waals surface area contributed by atoms with Crippen LogP contribution in [0.1, 0.15) is 45.4 Å². The van der Waals surface area contributed by atoms with E-state index in [-0.39, 0.29) is 5.97 Å². The Bertz CT molecular complexity index is 322. The summed E-state index contributed by atoms with van der Waals surface area (Å²) in [5, 5.41) is 0. The van der Waals surface area contributed by atoms with Gasteiger partial charge < -0.3 is 4.74 Å². The number of carbonyl (C=O) groups excluding carboxylic acids is 1. The summed E-state index contributed by atoms with van der Waals surface area (Å²) < 4.78 is 4.73. The van der Waals surface area contributed by atoms with E-state index in [4.69, 9.17) is 4.74 Å². The van der Waals surface area contributed by atoms with E-state index in [1.54, 1.807) is 0 Å². The van der Waals surface area contributed by atoms with Gasteiger partial charge in [-0.2, -0.15) is 0 Å². The number of hydrogen-bond acceptors (Lipinski definition) is 3. The average molecular weight is 251 g/mol. The Hall–Kier alpha value is -0.830. The van der Waals surface area contributed by atoms with Gasteiger partial charge in [-0.3, -0.25) is 4.90 Å². The molecule has 0 amide bonds. The van der Waals surface area contributed by atoms with Crippen LogP contribution >= 0.6 is 0 Å². The van der Waals surface area contributed by atoms with Gasteiger partial charge in [-0.05, 0) is 45.1 Å². The van der Waals surface area contributed by atoms with Crippen molar-refractivity contribution in [3.8, 4) is 0 Å². The summed E-state index contributed by atoms with van der Waals surface area (Å²) in [4.78, 5) is 13.9. The largest absolute Gasteiger partial charge is 0.466 e. The molecule has 3 heteroatoms. The highest BCUT2D eigenvalue weighted by Crippen LogP contribution is 2.35. The zero-order valence-corrected chi connectivity index (χ0v) is 11.7. The normalized spacial score (nSPS) is 29.8. The third-order valence-electron chi connectivity index (χ3n) is 4.50. The molecule has 1 aliphatic heterocycles. The van der Waals surface area contributed by atoms with Crippen LogP contribution in [0.4, 0.5) is 0 Å². The van der Waals surface area contributed by atoms with Crippen LogP contribution < -0.4 is 0 Å². The number of likely N-dealkylation sites (tertiary alicyclic amines) is 1. The first-order valence-corrected chi connectivity index (χ1v) is 7.21. The molecule has 18 heavy (non-hydrogen) atoms. The number of fused-ring (bicyclic) bond motifs is 1. The highest BCUT2D eigenvalue weighted by atomic mass is 16.5. The topological polar surface area (TPSA) is 29.5 Å². The Kier molecular flexibility index (Phi) is 4.81. The number of ether oxygens (including phenoxy) is 1. The fraction of sp³-hybridized carbons (Fsp3) is 0.800. The van der Waals surface area contributed by atoms with Crippen molar-refractivity contribution in [2.75, 3.05) is 20.2 Å². The summed E-state index contributed by atoms with van der Waals surface area (Å²) in [7, 11) is 1.44. The van der Waals surface area contributed by atoms with Crippen molar-refractivity contribution in [1.29, 1.82) is 0 Å². The van der Waals surface area contributed by atoms with E-state index in [0.717, 1.165) is 24.1 Å². The summed E-state index contributed by atoms with van der Waals surface area (Å²) in [6.45, 7) is 3.93. The second-order valence-corrected chi connectivity index (χ2v) is 5.63. The molecule has 1 saturated carbocycles. The first-order chi connectivity index (χ1) is 8.72. The molecule has 0 aromatic rings. The van der Waals surface area contributed by atoms with Gasteiger partial charge in [0.25, 0.3) is 0 Å². The van der Waals surface area contributed by atoms with Crippen LogP contribution in [-0.2, 0) is 9.53 Å². The molecule has 2 aliphatic rings. The number of hydrogen-bond donors (Lipinski definition) is 0. The number of rotatable bonds is 3. The monoisotopic (exact) mass is 251 g/mol. The molecule has 2 fully saturated rings. The summed E-state index contributed by atoms with van der Waals surface area (Å²) in [5.41, 5.74) is 0.732. The highest BCUT2D eigenvalue weighted by molar-refractivity contribution is 5.87. The van der Waals surface area contributed by atoms with Crippen LogP contribution in [0, 0.1) is 5.92 Å². The predicted octanol–water partition coefficient (Wildman–Crippen LogP) is 2.76. The summed E-state index contributed by atoms with van der Waals surface area (Å²) >= 11 is 0. The zero-order valence-electron chi connectivity index (χ0n) is 11.7. The van der Waals surface area contributed by atoms with E-state index in [1.165, 1.54) is 52.2 Å². The maximum Gasteiger partial charge on any atom is 0.333 e. The fourth-order valence-corrected chi connectivity index (χ4v) is 3.45. The summed E-state index contributed by atoms with van der Waals surface area (Å²) in [6, 6.07) is 0.759. The zero-order chi connectivity index (χ0) is 13.0. The molecule has 102 valence electrons. The molecule has 0 aromatic carbocycles. The maximum atomic E-state index is 11.4. The van der Waals surface area contributed by atoms with Crippen molar-refractivity contribution in [3.63, 3.8) is 0 Å². The van der Waals surface area contributed by atoms with E-state index < -0.39 is 0 Å². The molecule has 1 aliphatic carbocycles. The van der Waals surface area contributed by atoms with Crippen LogP contribution in [0.3, 0.4) is 0 Å². The SMILES string of the molecule is COC(=O)C(C)=CCN1CCC[C@H]2CCCC[C@H]21. The maximum absolute atomic E-state index is 11.4. The predicted molar refractivity (Wildman–Crippen MR) is 72.3 cm³/mol. The molecule has 1 saturated heterocycles. The molecule has 0 bridgehead atoms. The lowest BCUT2D eigenvalue weighted by Crippen LogP contribution is -2.46. The highest BCUT2D eigenvalue weighted by Gasteiger charge is 2.32. The number of piperidine rings is 1. The molecule has 0 radical (unpaired) electrons. The molecular formula is C15H25NO2. The Labute approximate surface area is 110 Å². The molecule has 0 unspecified atom stereocenters. The van der Waals surface area contributed by atoms with Crippen molar-refractivity contribution >= 4 is 5.97 Å². The van der Waals surface area contributed by atoms with Gasteiger partial charge in [-0.25, -0.2) is 4.79 Å². The van der Waals surface area contributed by atoms with Gasteiger partial charge in [0.05, 0.1) is 7.11 Å². The van der Waals surface area contributed by atoms with Gasteiger partial charge >= 0.3 is 5.97 Å².